The summed E-state index contributed by atoms with van der Waals surface area (Å²) in [6.45, 7) is 9.93. The molecule has 2 unspecified atom stereocenters. The van der Waals surface area contributed by atoms with Crippen LogP contribution < -0.4 is 5.73 Å². The maximum absolute atomic E-state index is 13.4. The van der Waals surface area contributed by atoms with Crippen molar-refractivity contribution >= 4 is 35.4 Å². The van der Waals surface area contributed by atoms with Crippen molar-refractivity contribution < 1.29 is 18.7 Å². The quantitative estimate of drug-likeness (QED) is 0.459. The van der Waals surface area contributed by atoms with Crippen molar-refractivity contribution in [3.63, 3.8) is 0 Å². The molecule has 0 saturated carbocycles. The van der Waals surface area contributed by atoms with Gasteiger partial charge in [-0.25, -0.2) is 9.18 Å². The topological polar surface area (TPSA) is 79.1 Å². The number of nitrogen functional groups attached to an aromatic ring is 1. The lowest BCUT2D eigenvalue weighted by Crippen LogP contribution is -2.70. The van der Waals surface area contributed by atoms with Gasteiger partial charge in [0.2, 0.25) is 5.91 Å². The molecule has 2 aliphatic heterocycles. The van der Waals surface area contributed by atoms with Gasteiger partial charge in [0, 0.05) is 49.5 Å². The Balaban J connectivity index is 1.53. The van der Waals surface area contributed by atoms with Crippen molar-refractivity contribution in [3.05, 3.63) is 70.0 Å². The fourth-order valence-corrected chi connectivity index (χ4v) is 5.11. The average molecular weight is 529 g/mol. The van der Waals surface area contributed by atoms with Gasteiger partial charge in [-0.15, -0.1) is 0 Å². The Bertz CT molecular complexity index is 1180. The van der Waals surface area contributed by atoms with Crippen molar-refractivity contribution in [1.29, 1.82) is 0 Å². The first-order chi connectivity index (χ1) is 17.4. The van der Waals surface area contributed by atoms with Crippen LogP contribution in [-0.2, 0) is 16.1 Å². The molecule has 4 rings (SSSR count). The minimum absolute atomic E-state index is 0.132. The van der Waals surface area contributed by atoms with Crippen LogP contribution in [0.25, 0.3) is 6.08 Å². The van der Waals surface area contributed by atoms with Crippen LogP contribution in [0.2, 0.25) is 5.02 Å². The molecule has 0 radical (unpaired) electrons. The Morgan fingerprint density at radius 3 is 2.32 bits per heavy atom. The highest BCUT2D eigenvalue weighted by Crippen LogP contribution is 2.28. The summed E-state index contributed by atoms with van der Waals surface area (Å²) in [4.78, 5) is 32.1. The third-order valence-corrected chi connectivity index (χ3v) is 6.99. The smallest absolute Gasteiger partial charge is 0.410 e. The van der Waals surface area contributed by atoms with Gasteiger partial charge < -0.3 is 20.3 Å². The number of nitrogens with zero attached hydrogens (tertiary/aromatic N) is 3. The first-order valence-corrected chi connectivity index (χ1v) is 12.8. The summed E-state index contributed by atoms with van der Waals surface area (Å²) in [6, 6.07) is 9.55. The maximum Gasteiger partial charge on any atom is 0.410 e. The summed E-state index contributed by atoms with van der Waals surface area (Å²) >= 11 is 6.15. The van der Waals surface area contributed by atoms with Crippen LogP contribution >= 0.6 is 11.6 Å². The van der Waals surface area contributed by atoms with Gasteiger partial charge in [-0.05, 0) is 74.7 Å². The Labute approximate surface area is 222 Å². The zero-order valence-corrected chi connectivity index (χ0v) is 22.5. The molecule has 2 aromatic carbocycles. The lowest BCUT2D eigenvalue weighted by Gasteiger charge is -2.52. The molecule has 2 N–H and O–H groups in total. The van der Waals surface area contributed by atoms with Crippen molar-refractivity contribution in [2.24, 2.45) is 0 Å². The Morgan fingerprint density at radius 1 is 1.11 bits per heavy atom. The predicted molar refractivity (Wildman–Crippen MR) is 144 cm³/mol. The van der Waals surface area contributed by atoms with Gasteiger partial charge >= 0.3 is 6.09 Å². The van der Waals surface area contributed by atoms with Gasteiger partial charge in [0.25, 0.3) is 0 Å². The number of hydrogen-bond acceptors (Lipinski definition) is 5. The van der Waals surface area contributed by atoms with Crippen LogP contribution in [0.1, 0.15) is 37.5 Å². The summed E-state index contributed by atoms with van der Waals surface area (Å²) in [5.41, 5.74) is 8.60. The highest BCUT2D eigenvalue weighted by atomic mass is 35.5. The molecule has 0 aromatic heterocycles. The van der Waals surface area contributed by atoms with Crippen LogP contribution in [0.4, 0.5) is 14.9 Å². The first-order valence-electron chi connectivity index (χ1n) is 12.4. The number of piperazine rings is 2. The van der Waals surface area contributed by atoms with Crippen LogP contribution in [0, 0.1) is 12.7 Å². The number of anilines is 1. The molecule has 0 aliphatic carbocycles. The van der Waals surface area contributed by atoms with E-state index in [1.165, 1.54) is 18.2 Å². The van der Waals surface area contributed by atoms with E-state index in [1.54, 1.807) is 29.2 Å². The Kier molecular flexibility index (Phi) is 7.80. The number of fused-ring (bicyclic) bond motifs is 2. The van der Waals surface area contributed by atoms with Gasteiger partial charge in [0.15, 0.2) is 0 Å². The fourth-order valence-electron chi connectivity index (χ4n) is 4.94. The van der Waals surface area contributed by atoms with Crippen LogP contribution in [0.15, 0.2) is 42.5 Å². The highest BCUT2D eigenvalue weighted by molar-refractivity contribution is 6.31. The largest absolute Gasteiger partial charge is 0.444 e. The van der Waals surface area contributed by atoms with Crippen molar-refractivity contribution in [1.82, 2.24) is 14.7 Å². The van der Waals surface area contributed by atoms with Crippen molar-refractivity contribution in [3.8, 4) is 0 Å². The number of nitrogens with two attached hydrogens (primary N) is 1. The van der Waals surface area contributed by atoms with Crippen LogP contribution in [-0.4, -0.2) is 70.6 Å². The fraction of sp³-hybridized carbons (Fsp3) is 0.429. The van der Waals surface area contributed by atoms with E-state index in [-0.39, 0.29) is 29.9 Å². The monoisotopic (exact) mass is 528 g/mol. The second-order valence-electron chi connectivity index (χ2n) is 10.8. The normalized spacial score (nSPS) is 20.4. The number of carbonyl (C=O) groups is 2. The lowest BCUT2D eigenvalue weighted by molar-refractivity contribution is -0.140. The van der Waals surface area contributed by atoms with Crippen LogP contribution in [0.3, 0.4) is 0 Å². The molecule has 2 aliphatic rings. The van der Waals surface area contributed by atoms with Gasteiger partial charge in [-0.1, -0.05) is 23.7 Å². The molecule has 2 bridgehead atoms. The molecule has 0 spiro atoms. The second kappa shape index (κ2) is 10.7. The zero-order valence-electron chi connectivity index (χ0n) is 21.7. The number of amides is 2. The molecule has 2 fully saturated rings. The van der Waals surface area contributed by atoms with Crippen LogP contribution in [0.5, 0.6) is 0 Å². The molecular formula is C28H34ClFN4O3. The predicted octanol–water partition coefficient (Wildman–Crippen LogP) is 4.72. The Morgan fingerprint density at radius 2 is 1.73 bits per heavy atom. The zero-order chi connectivity index (χ0) is 26.9. The van der Waals surface area contributed by atoms with E-state index in [2.05, 4.69) is 4.90 Å². The summed E-state index contributed by atoms with van der Waals surface area (Å²) in [5.74, 6) is -0.403. The van der Waals surface area contributed by atoms with E-state index in [4.69, 9.17) is 22.1 Å². The van der Waals surface area contributed by atoms with Gasteiger partial charge in [0.1, 0.15) is 11.4 Å². The highest BCUT2D eigenvalue weighted by Gasteiger charge is 2.44. The third-order valence-electron chi connectivity index (χ3n) is 6.58. The minimum Gasteiger partial charge on any atom is -0.444 e. The molecule has 2 aromatic rings. The van der Waals surface area contributed by atoms with Gasteiger partial charge in [-0.2, -0.15) is 0 Å². The second-order valence-corrected chi connectivity index (χ2v) is 11.2. The van der Waals surface area contributed by atoms with Crippen molar-refractivity contribution in [2.75, 3.05) is 31.9 Å². The average Bonchev–Trinajstić information content (AvgIpc) is 2.80. The number of benzene rings is 2. The molecular weight excluding hydrogens is 495 g/mol. The van der Waals surface area contributed by atoms with Gasteiger partial charge in [0.05, 0.1) is 12.1 Å². The number of ether oxygens (including phenoxy) is 1. The molecule has 9 heteroatoms. The maximum atomic E-state index is 13.4. The number of carbonyl (C=O) groups excluding carboxylic acids is 2. The molecule has 2 amide bonds. The standard InChI is InChI=1S/C28H34ClFN4O3/c1-18-11-20(25(31)12-24(18)29)7-10-26(35)34-22-14-32(13-19-5-8-21(30)9-6-19)15-23(34)17-33(16-22)27(36)37-28(2,3)4/h5-12,22-23H,13-17,31H2,1-4H3. The van der Waals surface area contributed by atoms with E-state index in [9.17, 15) is 14.0 Å². The van der Waals surface area contributed by atoms with E-state index >= 15 is 0 Å². The van der Waals surface area contributed by atoms with E-state index in [1.807, 2.05) is 38.7 Å². The lowest BCUT2D eigenvalue weighted by atomic mass is 9.99. The molecule has 2 heterocycles. The van der Waals surface area contributed by atoms with Gasteiger partial charge in [-0.3, -0.25) is 9.69 Å². The molecule has 2 atom stereocenters. The summed E-state index contributed by atoms with van der Waals surface area (Å²) < 4.78 is 19.0. The summed E-state index contributed by atoms with van der Waals surface area (Å²) in [7, 11) is 0. The number of rotatable bonds is 4. The Hall–Kier alpha value is -3.10. The molecule has 37 heavy (non-hydrogen) atoms. The molecule has 2 saturated heterocycles. The van der Waals surface area contributed by atoms with E-state index in [0.29, 0.717) is 43.4 Å². The summed E-state index contributed by atoms with van der Waals surface area (Å²) in [6.07, 6.45) is 2.88. The van der Waals surface area contributed by atoms with E-state index < -0.39 is 5.60 Å². The summed E-state index contributed by atoms with van der Waals surface area (Å²) in [5, 5.41) is 0.579. The molecule has 7 nitrogen and oxygen atoms in total. The molecule has 198 valence electrons. The third kappa shape index (κ3) is 6.62. The SMILES string of the molecule is Cc1cc(C=CC(=O)N2C3CN(Cc4ccc(F)cc4)CC2CN(C(=O)OC(C)(C)C)C3)c(N)cc1Cl. The van der Waals surface area contributed by atoms with E-state index in [0.717, 1.165) is 16.7 Å². The minimum atomic E-state index is -0.604. The number of halogens is 2. The number of aryl methyl sites for hydroxylation is 1. The first kappa shape index (κ1) is 26.9. The number of hydrogen-bond donors (Lipinski definition) is 1. The van der Waals surface area contributed by atoms with Crippen molar-refractivity contribution in [2.45, 2.75) is 51.9 Å².